The summed E-state index contributed by atoms with van der Waals surface area (Å²) >= 11 is 0. The number of methoxy groups -OCH3 is 1. The number of benzene rings is 2. The summed E-state index contributed by atoms with van der Waals surface area (Å²) in [6.07, 6.45) is 2.51. The van der Waals surface area contributed by atoms with Gasteiger partial charge in [0.1, 0.15) is 17.7 Å². The van der Waals surface area contributed by atoms with Gasteiger partial charge in [-0.2, -0.15) is 5.10 Å². The first kappa shape index (κ1) is 37.5. The molecule has 3 amide bonds. The van der Waals surface area contributed by atoms with Crippen LogP contribution in [0.25, 0.3) is 22.0 Å². The minimum absolute atomic E-state index is 0.0213. The zero-order chi connectivity index (χ0) is 36.6. The van der Waals surface area contributed by atoms with Crippen LogP contribution in [-0.2, 0) is 40.5 Å². The van der Waals surface area contributed by atoms with Gasteiger partial charge in [-0.15, -0.1) is 0 Å². The maximum absolute atomic E-state index is 16.1. The summed E-state index contributed by atoms with van der Waals surface area (Å²) in [5, 5.41) is 22.0. The molecule has 0 spiro atoms. The lowest BCUT2D eigenvalue weighted by molar-refractivity contribution is -0.156. The maximum atomic E-state index is 16.1. The lowest BCUT2D eigenvalue weighted by atomic mass is 9.84. The monoisotopic (exact) mass is 693 g/mol. The molecule has 1 fully saturated rings. The molecule has 2 aromatic carbocycles. The molecule has 0 saturated carbocycles. The Labute approximate surface area is 289 Å². The van der Waals surface area contributed by atoms with Crippen LogP contribution in [0.15, 0.2) is 36.5 Å². The normalized spacial score (nSPS) is 13.4. The van der Waals surface area contributed by atoms with E-state index in [0.717, 1.165) is 0 Å². The van der Waals surface area contributed by atoms with Crippen molar-refractivity contribution in [3.8, 4) is 11.1 Å². The van der Waals surface area contributed by atoms with Crippen molar-refractivity contribution in [1.82, 2.24) is 25.3 Å². The Morgan fingerprint density at radius 2 is 1.62 bits per heavy atom. The highest BCUT2D eigenvalue weighted by molar-refractivity contribution is 6.10. The zero-order valence-electron chi connectivity index (χ0n) is 29.0. The molecule has 4 rings (SSSR count). The molecular formula is C35H44FN7O7. The molecule has 268 valence electrons. The van der Waals surface area contributed by atoms with E-state index < -0.39 is 35.2 Å². The molecule has 0 radical (unpaired) electrons. The summed E-state index contributed by atoms with van der Waals surface area (Å²) in [7, 11) is 2.84. The van der Waals surface area contributed by atoms with Gasteiger partial charge in [0.05, 0.1) is 32.8 Å². The van der Waals surface area contributed by atoms with Gasteiger partial charge >= 0.3 is 11.9 Å². The molecule has 1 aliphatic rings. The van der Waals surface area contributed by atoms with Crippen LogP contribution in [0.1, 0.15) is 52.0 Å². The molecule has 1 aliphatic heterocycles. The predicted octanol–water partition coefficient (Wildman–Crippen LogP) is 2.93. The molecule has 14 nitrogen and oxygen atoms in total. The van der Waals surface area contributed by atoms with Crippen molar-refractivity contribution in [2.75, 3.05) is 45.2 Å². The molecule has 1 saturated heterocycles. The third kappa shape index (κ3) is 9.64. The van der Waals surface area contributed by atoms with E-state index in [1.807, 2.05) is 0 Å². The molecule has 15 heteroatoms. The zero-order valence-corrected chi connectivity index (χ0v) is 29.0. The summed E-state index contributed by atoms with van der Waals surface area (Å²) in [4.78, 5) is 62.7. The van der Waals surface area contributed by atoms with Gasteiger partial charge in [0, 0.05) is 60.4 Å². The standard InChI is InChI=1S/C35H44FN7O7/c1-35(2,3)50-29(47)12-11-28(46)43-15-13-21(14-16-43)33(37)31-23(24-10-9-22-17-41-42(4)34(22)32(24)36)7-6-8-25(31)38-18-26(44)39-19-27(45)40-20-30(48)49-5/h6-10,17,21,37-38H,11-16,18-20H2,1-5H3,(H,39,44)(H,40,45). The van der Waals surface area contributed by atoms with Gasteiger partial charge in [0.15, 0.2) is 5.82 Å². The van der Waals surface area contributed by atoms with Crippen molar-refractivity contribution >= 4 is 52.0 Å². The fourth-order valence-corrected chi connectivity index (χ4v) is 5.74. The highest BCUT2D eigenvalue weighted by Crippen LogP contribution is 2.37. The third-order valence-electron chi connectivity index (χ3n) is 8.23. The van der Waals surface area contributed by atoms with Gasteiger partial charge < -0.3 is 35.7 Å². The highest BCUT2D eigenvalue weighted by Gasteiger charge is 2.30. The van der Waals surface area contributed by atoms with E-state index in [-0.39, 0.29) is 55.6 Å². The number of nitrogens with one attached hydrogen (secondary N) is 4. The summed E-state index contributed by atoms with van der Waals surface area (Å²) in [5.41, 5.74) is 1.41. The largest absolute Gasteiger partial charge is 0.468 e. The minimum atomic E-state index is -0.637. The van der Waals surface area contributed by atoms with Crippen LogP contribution in [0, 0.1) is 17.1 Å². The quantitative estimate of drug-likeness (QED) is 0.154. The molecule has 0 bridgehead atoms. The Morgan fingerprint density at radius 3 is 2.30 bits per heavy atom. The van der Waals surface area contributed by atoms with Crippen LogP contribution >= 0.6 is 0 Å². The number of nitrogens with zero attached hydrogens (tertiary/aromatic N) is 3. The van der Waals surface area contributed by atoms with Crippen molar-refractivity contribution in [3.05, 3.63) is 47.9 Å². The number of rotatable bonds is 13. The van der Waals surface area contributed by atoms with Gasteiger partial charge in [-0.3, -0.25) is 28.7 Å². The predicted molar refractivity (Wildman–Crippen MR) is 184 cm³/mol. The lowest BCUT2D eigenvalue weighted by Crippen LogP contribution is -2.41. The van der Waals surface area contributed by atoms with Crippen molar-refractivity contribution in [3.63, 3.8) is 0 Å². The Kier molecular flexibility index (Phi) is 12.3. The molecule has 1 aromatic heterocycles. The molecule has 50 heavy (non-hydrogen) atoms. The SMILES string of the molecule is COC(=O)CNC(=O)CNC(=O)CNc1cccc(-c2ccc3cnn(C)c3c2F)c1C(=N)C1CCN(C(=O)CCC(=O)OC(C)(C)C)CC1. The number of hydrogen-bond donors (Lipinski definition) is 4. The first-order valence-corrected chi connectivity index (χ1v) is 16.3. The maximum Gasteiger partial charge on any atom is 0.325 e. The summed E-state index contributed by atoms with van der Waals surface area (Å²) in [6.45, 7) is 5.09. The topological polar surface area (TPSA) is 185 Å². The minimum Gasteiger partial charge on any atom is -0.468 e. The number of aryl methyl sites for hydroxylation is 1. The Bertz CT molecular complexity index is 1770. The van der Waals surface area contributed by atoms with Gasteiger partial charge in [0.2, 0.25) is 17.7 Å². The number of esters is 2. The molecule has 0 aliphatic carbocycles. The number of hydrogen-bond acceptors (Lipinski definition) is 10. The average molecular weight is 694 g/mol. The van der Waals surface area contributed by atoms with Gasteiger partial charge in [0.25, 0.3) is 0 Å². The second-order valence-corrected chi connectivity index (χ2v) is 13.0. The summed E-state index contributed by atoms with van der Waals surface area (Å²) in [6, 6.07) is 8.51. The molecule has 3 aromatic rings. The first-order valence-electron chi connectivity index (χ1n) is 16.3. The second-order valence-electron chi connectivity index (χ2n) is 13.0. The van der Waals surface area contributed by atoms with Crippen LogP contribution in [0.3, 0.4) is 0 Å². The number of carbonyl (C=O) groups excluding carboxylic acids is 5. The smallest absolute Gasteiger partial charge is 0.325 e. The van der Waals surface area contributed by atoms with Crippen LogP contribution in [0.4, 0.5) is 10.1 Å². The van der Waals surface area contributed by atoms with Crippen LogP contribution < -0.4 is 16.0 Å². The lowest BCUT2D eigenvalue weighted by Gasteiger charge is -2.33. The molecule has 0 atom stereocenters. The van der Waals surface area contributed by atoms with E-state index in [2.05, 4.69) is 25.8 Å². The summed E-state index contributed by atoms with van der Waals surface area (Å²) < 4.78 is 27.3. The van der Waals surface area contributed by atoms with Crippen molar-refractivity contribution in [2.45, 2.75) is 52.1 Å². The fraction of sp³-hybridized carbons (Fsp3) is 0.457. The Morgan fingerprint density at radius 1 is 0.940 bits per heavy atom. The van der Waals surface area contributed by atoms with E-state index in [4.69, 9.17) is 4.74 Å². The molecular weight excluding hydrogens is 649 g/mol. The number of amides is 3. The van der Waals surface area contributed by atoms with Crippen LogP contribution in [0.5, 0.6) is 0 Å². The number of halogens is 1. The van der Waals surface area contributed by atoms with E-state index in [1.54, 1.807) is 69.2 Å². The van der Waals surface area contributed by atoms with Crippen molar-refractivity contribution in [1.29, 1.82) is 5.41 Å². The van der Waals surface area contributed by atoms with Gasteiger partial charge in [-0.1, -0.05) is 24.3 Å². The molecule has 4 N–H and O–H groups in total. The summed E-state index contributed by atoms with van der Waals surface area (Å²) in [5.74, 6) is -3.13. The van der Waals surface area contributed by atoms with Crippen molar-refractivity contribution in [2.24, 2.45) is 13.0 Å². The highest BCUT2D eigenvalue weighted by atomic mass is 19.1. The molecule has 2 heterocycles. The van der Waals surface area contributed by atoms with Gasteiger partial charge in [-0.05, 0) is 45.2 Å². The van der Waals surface area contributed by atoms with E-state index in [9.17, 15) is 29.4 Å². The van der Waals surface area contributed by atoms with Crippen molar-refractivity contribution < 1.29 is 37.8 Å². The number of fused-ring (bicyclic) bond motifs is 1. The number of aromatic nitrogens is 2. The van der Waals surface area contributed by atoms with E-state index >= 15 is 4.39 Å². The number of anilines is 1. The fourth-order valence-electron chi connectivity index (χ4n) is 5.74. The second kappa shape index (κ2) is 16.4. The van der Waals surface area contributed by atoms with E-state index in [0.29, 0.717) is 53.6 Å². The number of piperidine rings is 1. The van der Waals surface area contributed by atoms with E-state index in [1.165, 1.54) is 11.8 Å². The number of likely N-dealkylation sites (tertiary alicyclic amines) is 1. The number of ether oxygens (including phenoxy) is 2. The van der Waals surface area contributed by atoms with Crippen LogP contribution in [0.2, 0.25) is 0 Å². The number of carbonyl (C=O) groups is 5. The molecule has 0 unspecified atom stereocenters. The third-order valence-corrected chi connectivity index (χ3v) is 8.23. The Balaban J connectivity index is 1.52. The average Bonchev–Trinajstić information content (AvgIpc) is 3.47. The van der Waals surface area contributed by atoms with Crippen LogP contribution in [-0.4, -0.2) is 95.5 Å². The first-order chi connectivity index (χ1) is 23.7. The Hall–Kier alpha value is -5.34. The van der Waals surface area contributed by atoms with Gasteiger partial charge in [-0.25, -0.2) is 4.39 Å².